The quantitative estimate of drug-likeness (QED) is 0.806. The van der Waals surface area contributed by atoms with Crippen LogP contribution in [-0.4, -0.2) is 21.8 Å². The summed E-state index contributed by atoms with van der Waals surface area (Å²) in [6, 6.07) is 6.05. The Balaban J connectivity index is 2.35. The number of halogens is 1. The summed E-state index contributed by atoms with van der Waals surface area (Å²) in [4.78, 5) is 3.86. The van der Waals surface area contributed by atoms with E-state index >= 15 is 0 Å². The molecule has 1 aromatic carbocycles. The van der Waals surface area contributed by atoms with E-state index in [0.29, 0.717) is 0 Å². The fourth-order valence-corrected chi connectivity index (χ4v) is 1.22. The summed E-state index contributed by atoms with van der Waals surface area (Å²) in [5, 5.41) is 12.9. The van der Waals surface area contributed by atoms with E-state index in [1.54, 1.807) is 12.1 Å². The van der Waals surface area contributed by atoms with Crippen molar-refractivity contribution < 1.29 is 14.0 Å². The van der Waals surface area contributed by atoms with Crippen molar-refractivity contribution >= 4 is 0 Å². The van der Waals surface area contributed by atoms with Crippen molar-refractivity contribution in [2.24, 2.45) is 5.73 Å². The van der Waals surface area contributed by atoms with E-state index in [0.717, 1.165) is 0 Å². The Morgan fingerprint density at radius 2 is 2.19 bits per heavy atom. The van der Waals surface area contributed by atoms with Crippen LogP contribution in [-0.2, 0) is 0 Å². The Hall–Kier alpha value is -1.79. The summed E-state index contributed by atoms with van der Waals surface area (Å²) >= 11 is 0. The SMILES string of the molecule is NCC(O)c1nc(-c2ccccc2F)no1. The Morgan fingerprint density at radius 1 is 1.44 bits per heavy atom. The molecular formula is C10H10FN3O2. The van der Waals surface area contributed by atoms with E-state index in [4.69, 9.17) is 10.3 Å². The van der Waals surface area contributed by atoms with Crippen molar-refractivity contribution in [2.75, 3.05) is 6.54 Å². The van der Waals surface area contributed by atoms with Crippen LogP contribution in [0.4, 0.5) is 4.39 Å². The summed E-state index contributed by atoms with van der Waals surface area (Å²) < 4.78 is 18.1. The van der Waals surface area contributed by atoms with Gasteiger partial charge in [0.15, 0.2) is 0 Å². The zero-order chi connectivity index (χ0) is 11.5. The van der Waals surface area contributed by atoms with E-state index in [2.05, 4.69) is 10.1 Å². The molecule has 0 aliphatic carbocycles. The lowest BCUT2D eigenvalue weighted by Gasteiger charge is -1.98. The van der Waals surface area contributed by atoms with Gasteiger partial charge >= 0.3 is 0 Å². The molecular weight excluding hydrogens is 213 g/mol. The minimum atomic E-state index is -1.02. The molecule has 16 heavy (non-hydrogen) atoms. The van der Waals surface area contributed by atoms with Crippen LogP contribution in [0.1, 0.15) is 12.0 Å². The smallest absolute Gasteiger partial charge is 0.257 e. The Morgan fingerprint density at radius 3 is 2.88 bits per heavy atom. The van der Waals surface area contributed by atoms with Crippen molar-refractivity contribution in [3.8, 4) is 11.4 Å². The van der Waals surface area contributed by atoms with Crippen LogP contribution in [0.25, 0.3) is 11.4 Å². The molecule has 84 valence electrons. The zero-order valence-corrected chi connectivity index (χ0v) is 8.30. The molecule has 1 heterocycles. The number of aliphatic hydroxyl groups is 1. The van der Waals surface area contributed by atoms with E-state index in [9.17, 15) is 9.50 Å². The van der Waals surface area contributed by atoms with E-state index in [1.165, 1.54) is 12.1 Å². The van der Waals surface area contributed by atoms with Gasteiger partial charge in [-0.15, -0.1) is 0 Å². The number of nitrogens with zero attached hydrogens (tertiary/aromatic N) is 2. The molecule has 0 amide bonds. The highest BCUT2D eigenvalue weighted by Gasteiger charge is 2.16. The van der Waals surface area contributed by atoms with Crippen molar-refractivity contribution in [1.82, 2.24) is 10.1 Å². The zero-order valence-electron chi connectivity index (χ0n) is 8.30. The lowest BCUT2D eigenvalue weighted by atomic mass is 10.2. The largest absolute Gasteiger partial charge is 0.382 e. The maximum absolute atomic E-state index is 13.4. The standard InChI is InChI=1S/C10H10FN3O2/c11-7-4-2-1-3-6(7)9-13-10(16-14-9)8(15)5-12/h1-4,8,15H,5,12H2. The molecule has 0 fully saturated rings. The van der Waals surface area contributed by atoms with Crippen molar-refractivity contribution in [3.63, 3.8) is 0 Å². The highest BCUT2D eigenvalue weighted by molar-refractivity contribution is 5.54. The molecule has 2 aromatic rings. The first-order valence-corrected chi connectivity index (χ1v) is 4.69. The molecule has 0 bridgehead atoms. The third-order valence-electron chi connectivity index (χ3n) is 2.06. The van der Waals surface area contributed by atoms with Gasteiger partial charge in [0.25, 0.3) is 5.89 Å². The molecule has 1 aromatic heterocycles. The summed E-state index contributed by atoms with van der Waals surface area (Å²) in [6.45, 7) is -0.0289. The number of aromatic nitrogens is 2. The minimum Gasteiger partial charge on any atom is -0.382 e. The highest BCUT2D eigenvalue weighted by atomic mass is 19.1. The Bertz CT molecular complexity index is 486. The first kappa shape index (κ1) is 10.7. The van der Waals surface area contributed by atoms with Gasteiger partial charge in [-0.2, -0.15) is 4.98 Å². The van der Waals surface area contributed by atoms with Crippen LogP contribution in [0.2, 0.25) is 0 Å². The van der Waals surface area contributed by atoms with Gasteiger partial charge in [-0.05, 0) is 12.1 Å². The molecule has 1 atom stereocenters. The molecule has 0 radical (unpaired) electrons. The van der Waals surface area contributed by atoms with E-state index < -0.39 is 11.9 Å². The number of aliphatic hydroxyl groups excluding tert-OH is 1. The lowest BCUT2D eigenvalue weighted by Crippen LogP contribution is -2.11. The predicted molar refractivity (Wildman–Crippen MR) is 53.7 cm³/mol. The molecule has 0 aliphatic heterocycles. The van der Waals surface area contributed by atoms with Crippen LogP contribution in [0, 0.1) is 5.82 Å². The van der Waals surface area contributed by atoms with Gasteiger partial charge in [0.05, 0.1) is 5.56 Å². The molecule has 0 saturated carbocycles. The molecule has 3 N–H and O–H groups in total. The van der Waals surface area contributed by atoms with Gasteiger partial charge in [-0.25, -0.2) is 4.39 Å². The van der Waals surface area contributed by atoms with E-state index in [1.807, 2.05) is 0 Å². The summed E-state index contributed by atoms with van der Waals surface area (Å²) in [5.41, 5.74) is 5.45. The molecule has 2 rings (SSSR count). The molecule has 1 unspecified atom stereocenters. The number of benzene rings is 1. The molecule has 0 saturated heterocycles. The number of rotatable bonds is 3. The van der Waals surface area contributed by atoms with Crippen molar-refractivity contribution in [1.29, 1.82) is 0 Å². The first-order valence-electron chi connectivity index (χ1n) is 4.69. The molecule has 6 heteroatoms. The van der Waals surface area contributed by atoms with Gasteiger partial charge < -0.3 is 15.4 Å². The maximum Gasteiger partial charge on any atom is 0.257 e. The third kappa shape index (κ3) is 1.93. The molecule has 0 aliphatic rings. The molecule has 0 spiro atoms. The van der Waals surface area contributed by atoms with Crippen LogP contribution in [0.5, 0.6) is 0 Å². The average molecular weight is 223 g/mol. The summed E-state index contributed by atoms with van der Waals surface area (Å²) in [5.74, 6) is -0.363. The number of hydrogen-bond donors (Lipinski definition) is 2. The normalized spacial score (nSPS) is 12.7. The third-order valence-corrected chi connectivity index (χ3v) is 2.06. The average Bonchev–Trinajstić information content (AvgIpc) is 2.78. The minimum absolute atomic E-state index is 0.0132. The molecule has 5 nitrogen and oxygen atoms in total. The highest BCUT2D eigenvalue weighted by Crippen LogP contribution is 2.20. The summed E-state index contributed by atoms with van der Waals surface area (Å²) in [7, 11) is 0. The first-order chi connectivity index (χ1) is 7.72. The van der Waals surface area contributed by atoms with Gasteiger partial charge in [0.2, 0.25) is 5.82 Å². The van der Waals surface area contributed by atoms with E-state index in [-0.39, 0.29) is 23.8 Å². The lowest BCUT2D eigenvalue weighted by molar-refractivity contribution is 0.141. The van der Waals surface area contributed by atoms with Crippen molar-refractivity contribution in [3.05, 3.63) is 36.0 Å². The predicted octanol–water partition coefficient (Wildman–Crippen LogP) is 0.868. The van der Waals surface area contributed by atoms with Crippen molar-refractivity contribution in [2.45, 2.75) is 6.10 Å². The fourth-order valence-electron chi connectivity index (χ4n) is 1.22. The Labute approximate surface area is 90.7 Å². The van der Waals surface area contributed by atoms with Gasteiger partial charge in [-0.1, -0.05) is 17.3 Å². The number of hydrogen-bond acceptors (Lipinski definition) is 5. The number of nitrogens with two attached hydrogens (primary N) is 1. The monoisotopic (exact) mass is 223 g/mol. The second kappa shape index (κ2) is 4.38. The maximum atomic E-state index is 13.4. The van der Waals surface area contributed by atoms with Crippen LogP contribution in [0.15, 0.2) is 28.8 Å². The van der Waals surface area contributed by atoms with Gasteiger partial charge in [-0.3, -0.25) is 0 Å². The van der Waals surface area contributed by atoms with Crippen LogP contribution in [0.3, 0.4) is 0 Å². The van der Waals surface area contributed by atoms with Gasteiger partial charge in [0.1, 0.15) is 11.9 Å². The topological polar surface area (TPSA) is 85.2 Å². The fraction of sp³-hybridized carbons (Fsp3) is 0.200. The van der Waals surface area contributed by atoms with Crippen LogP contribution < -0.4 is 5.73 Å². The van der Waals surface area contributed by atoms with Crippen LogP contribution >= 0.6 is 0 Å². The summed E-state index contributed by atoms with van der Waals surface area (Å²) in [6.07, 6.45) is -1.02. The second-order valence-corrected chi connectivity index (χ2v) is 3.19. The second-order valence-electron chi connectivity index (χ2n) is 3.19. The Kier molecular flexibility index (Phi) is 2.93. The van der Waals surface area contributed by atoms with Gasteiger partial charge in [0, 0.05) is 6.54 Å².